The van der Waals surface area contributed by atoms with Crippen molar-refractivity contribution in [2.45, 2.75) is 6.61 Å². The van der Waals surface area contributed by atoms with Crippen LogP contribution in [0.2, 0.25) is 0 Å². The van der Waals surface area contributed by atoms with E-state index in [2.05, 4.69) is 0 Å². The van der Waals surface area contributed by atoms with Crippen LogP contribution in [0.4, 0.5) is 18.9 Å². The summed E-state index contributed by atoms with van der Waals surface area (Å²) < 4.78 is 44.0. The Morgan fingerprint density at radius 1 is 1.00 bits per heavy atom. The molecule has 2 aromatic rings. The fourth-order valence-corrected chi connectivity index (χ4v) is 1.61. The molecule has 0 aliphatic rings. The standard InChI is InChI=1S/C13H8F3NO3/c14-9-1-2-12(17(18)19)13(6-9)20-7-8-3-10(15)5-11(16)4-8/h1-6H,7H2. The molecule has 0 radical (unpaired) electrons. The lowest BCUT2D eigenvalue weighted by Crippen LogP contribution is -2.00. The molecule has 0 saturated carbocycles. The van der Waals surface area contributed by atoms with Crippen LogP contribution in [-0.4, -0.2) is 4.92 Å². The molecule has 0 heterocycles. The van der Waals surface area contributed by atoms with Crippen LogP contribution in [0, 0.1) is 27.6 Å². The van der Waals surface area contributed by atoms with E-state index in [1.54, 1.807) is 0 Å². The minimum Gasteiger partial charge on any atom is -0.482 e. The van der Waals surface area contributed by atoms with Gasteiger partial charge in [-0.2, -0.15) is 0 Å². The summed E-state index contributed by atoms with van der Waals surface area (Å²) in [5.41, 5.74) is -0.288. The SMILES string of the molecule is O=[N+]([O-])c1ccc(F)cc1OCc1cc(F)cc(F)c1. The van der Waals surface area contributed by atoms with Crippen LogP contribution < -0.4 is 4.74 Å². The number of benzene rings is 2. The molecule has 20 heavy (non-hydrogen) atoms. The van der Waals surface area contributed by atoms with Gasteiger partial charge in [0.15, 0.2) is 5.75 Å². The maximum Gasteiger partial charge on any atom is 0.311 e. The first-order valence-electron chi connectivity index (χ1n) is 5.47. The third-order valence-electron chi connectivity index (χ3n) is 2.44. The Labute approximate surface area is 111 Å². The van der Waals surface area contributed by atoms with Crippen molar-refractivity contribution < 1.29 is 22.8 Å². The van der Waals surface area contributed by atoms with Crippen molar-refractivity contribution >= 4 is 5.69 Å². The average Bonchev–Trinajstić information content (AvgIpc) is 2.35. The number of rotatable bonds is 4. The van der Waals surface area contributed by atoms with Crippen LogP contribution in [0.1, 0.15) is 5.56 Å². The van der Waals surface area contributed by atoms with Gasteiger partial charge in [0.25, 0.3) is 0 Å². The lowest BCUT2D eigenvalue weighted by atomic mass is 10.2. The van der Waals surface area contributed by atoms with Crippen molar-refractivity contribution in [2.24, 2.45) is 0 Å². The maximum absolute atomic E-state index is 13.0. The van der Waals surface area contributed by atoms with Gasteiger partial charge in [0.2, 0.25) is 0 Å². The Hall–Kier alpha value is -2.57. The zero-order chi connectivity index (χ0) is 14.7. The number of ether oxygens (including phenoxy) is 1. The summed E-state index contributed by atoms with van der Waals surface area (Å²) in [6, 6.07) is 5.45. The molecular formula is C13H8F3NO3. The van der Waals surface area contributed by atoms with E-state index in [0.29, 0.717) is 6.07 Å². The molecular weight excluding hydrogens is 275 g/mol. The minimum absolute atomic E-state index is 0.140. The summed E-state index contributed by atoms with van der Waals surface area (Å²) in [7, 11) is 0. The average molecular weight is 283 g/mol. The quantitative estimate of drug-likeness (QED) is 0.636. The van der Waals surface area contributed by atoms with E-state index < -0.39 is 28.1 Å². The fraction of sp³-hybridized carbons (Fsp3) is 0.0769. The molecule has 0 aromatic heterocycles. The number of nitro groups is 1. The van der Waals surface area contributed by atoms with Crippen LogP contribution in [-0.2, 0) is 6.61 Å². The zero-order valence-electron chi connectivity index (χ0n) is 9.98. The summed E-state index contributed by atoms with van der Waals surface area (Å²) in [6.07, 6.45) is 0. The second-order valence-corrected chi connectivity index (χ2v) is 3.94. The highest BCUT2D eigenvalue weighted by Crippen LogP contribution is 2.28. The summed E-state index contributed by atoms with van der Waals surface area (Å²) >= 11 is 0. The van der Waals surface area contributed by atoms with E-state index in [4.69, 9.17) is 4.74 Å². The number of nitro benzene ring substituents is 1. The van der Waals surface area contributed by atoms with Gasteiger partial charge in [-0.15, -0.1) is 0 Å². The Morgan fingerprint density at radius 3 is 2.25 bits per heavy atom. The molecule has 0 fully saturated rings. The van der Waals surface area contributed by atoms with E-state index >= 15 is 0 Å². The normalized spacial score (nSPS) is 10.3. The first kappa shape index (κ1) is 13.9. The lowest BCUT2D eigenvalue weighted by molar-refractivity contribution is -0.386. The molecule has 0 bridgehead atoms. The number of hydrogen-bond acceptors (Lipinski definition) is 3. The Balaban J connectivity index is 2.22. The third kappa shape index (κ3) is 3.25. The monoisotopic (exact) mass is 283 g/mol. The molecule has 0 unspecified atom stereocenters. The molecule has 104 valence electrons. The first-order chi connectivity index (χ1) is 9.45. The molecule has 2 aromatic carbocycles. The highest BCUT2D eigenvalue weighted by molar-refractivity contribution is 5.46. The third-order valence-corrected chi connectivity index (χ3v) is 2.44. The van der Waals surface area contributed by atoms with E-state index in [-0.39, 0.29) is 17.9 Å². The number of hydrogen-bond donors (Lipinski definition) is 0. The maximum atomic E-state index is 13.0. The van der Waals surface area contributed by atoms with Gasteiger partial charge in [-0.05, 0) is 23.8 Å². The molecule has 0 atom stereocenters. The molecule has 0 amide bonds. The molecule has 0 aliphatic carbocycles. The van der Waals surface area contributed by atoms with Crippen molar-refractivity contribution in [2.75, 3.05) is 0 Å². The Kier molecular flexibility index (Phi) is 3.88. The number of nitrogens with zero attached hydrogens (tertiary/aromatic N) is 1. The van der Waals surface area contributed by atoms with Gasteiger partial charge < -0.3 is 4.74 Å². The molecule has 0 aliphatic heterocycles. The van der Waals surface area contributed by atoms with Crippen molar-refractivity contribution in [1.29, 1.82) is 0 Å². The minimum atomic E-state index is -0.794. The van der Waals surface area contributed by atoms with Gasteiger partial charge in [-0.3, -0.25) is 10.1 Å². The Morgan fingerprint density at radius 2 is 1.65 bits per heavy atom. The van der Waals surface area contributed by atoms with Crippen molar-refractivity contribution in [3.05, 3.63) is 69.5 Å². The predicted molar refractivity (Wildman–Crippen MR) is 63.7 cm³/mol. The van der Waals surface area contributed by atoms with Crippen LogP contribution in [0.15, 0.2) is 36.4 Å². The van der Waals surface area contributed by atoms with Gasteiger partial charge in [0.1, 0.15) is 24.1 Å². The highest BCUT2D eigenvalue weighted by atomic mass is 19.1. The summed E-state index contributed by atoms with van der Waals surface area (Å²) in [6.45, 7) is -0.320. The molecule has 0 spiro atoms. The van der Waals surface area contributed by atoms with Crippen molar-refractivity contribution in [3.63, 3.8) is 0 Å². The van der Waals surface area contributed by atoms with E-state index in [1.807, 2.05) is 0 Å². The topological polar surface area (TPSA) is 52.4 Å². The van der Waals surface area contributed by atoms with Gasteiger partial charge >= 0.3 is 5.69 Å². The van der Waals surface area contributed by atoms with Crippen LogP contribution in [0.5, 0.6) is 5.75 Å². The van der Waals surface area contributed by atoms with E-state index in [1.165, 1.54) is 0 Å². The van der Waals surface area contributed by atoms with Crippen molar-refractivity contribution in [3.8, 4) is 5.75 Å². The van der Waals surface area contributed by atoms with Crippen LogP contribution in [0.3, 0.4) is 0 Å². The second kappa shape index (κ2) is 5.60. The van der Waals surface area contributed by atoms with E-state index in [0.717, 1.165) is 30.3 Å². The van der Waals surface area contributed by atoms with Gasteiger partial charge in [0.05, 0.1) is 4.92 Å². The molecule has 7 heteroatoms. The van der Waals surface area contributed by atoms with Crippen LogP contribution >= 0.6 is 0 Å². The Bertz CT molecular complexity index is 641. The highest BCUT2D eigenvalue weighted by Gasteiger charge is 2.16. The van der Waals surface area contributed by atoms with Crippen molar-refractivity contribution in [1.82, 2.24) is 0 Å². The molecule has 0 N–H and O–H groups in total. The van der Waals surface area contributed by atoms with Gasteiger partial charge in [-0.1, -0.05) is 0 Å². The zero-order valence-corrected chi connectivity index (χ0v) is 9.98. The van der Waals surface area contributed by atoms with Gasteiger partial charge in [-0.25, -0.2) is 13.2 Å². The lowest BCUT2D eigenvalue weighted by Gasteiger charge is -2.07. The summed E-state index contributed by atoms with van der Waals surface area (Å²) in [5.74, 6) is -2.61. The smallest absolute Gasteiger partial charge is 0.311 e. The summed E-state index contributed by atoms with van der Waals surface area (Å²) in [4.78, 5) is 10.0. The molecule has 0 saturated heterocycles. The second-order valence-electron chi connectivity index (χ2n) is 3.94. The summed E-state index contributed by atoms with van der Waals surface area (Å²) in [5, 5.41) is 10.7. The van der Waals surface area contributed by atoms with Crippen LogP contribution in [0.25, 0.3) is 0 Å². The van der Waals surface area contributed by atoms with Gasteiger partial charge in [0, 0.05) is 18.2 Å². The molecule has 2 rings (SSSR count). The first-order valence-corrected chi connectivity index (χ1v) is 5.47. The van der Waals surface area contributed by atoms with E-state index in [9.17, 15) is 23.3 Å². The number of halogens is 3. The largest absolute Gasteiger partial charge is 0.482 e. The molecule has 4 nitrogen and oxygen atoms in total. The predicted octanol–water partition coefficient (Wildman–Crippen LogP) is 3.59. The fourth-order valence-electron chi connectivity index (χ4n) is 1.61.